The number of amides is 3. The van der Waals surface area contributed by atoms with E-state index in [4.69, 9.17) is 0 Å². The Labute approximate surface area is 161 Å². The van der Waals surface area contributed by atoms with Crippen LogP contribution in [0.4, 0.5) is 25.0 Å². The Hall–Kier alpha value is -3.16. The van der Waals surface area contributed by atoms with Gasteiger partial charge in [-0.15, -0.1) is 0 Å². The monoisotopic (exact) mass is 386 g/mol. The number of carbonyl (C=O) groups is 2. The van der Waals surface area contributed by atoms with E-state index in [1.807, 2.05) is 11.9 Å². The van der Waals surface area contributed by atoms with Crippen LogP contribution in [0.5, 0.6) is 0 Å². The van der Waals surface area contributed by atoms with E-state index in [1.165, 1.54) is 36.4 Å². The lowest BCUT2D eigenvalue weighted by Crippen LogP contribution is -2.67. The number of carbonyl (C=O) groups excluding carboxylic acids is 2. The van der Waals surface area contributed by atoms with Crippen LogP contribution in [-0.4, -0.2) is 42.6 Å². The van der Waals surface area contributed by atoms with E-state index in [9.17, 15) is 18.4 Å². The highest BCUT2D eigenvalue weighted by molar-refractivity contribution is 6.02. The first-order valence-electron chi connectivity index (χ1n) is 9.05. The summed E-state index contributed by atoms with van der Waals surface area (Å²) in [4.78, 5) is 28.5. The van der Waals surface area contributed by atoms with Crippen molar-refractivity contribution in [2.45, 2.75) is 18.5 Å². The first-order valence-corrected chi connectivity index (χ1v) is 9.05. The van der Waals surface area contributed by atoms with E-state index in [0.29, 0.717) is 42.9 Å². The number of halogens is 2. The van der Waals surface area contributed by atoms with Crippen LogP contribution in [0.2, 0.25) is 0 Å². The van der Waals surface area contributed by atoms with Crippen LogP contribution in [0.1, 0.15) is 23.2 Å². The van der Waals surface area contributed by atoms with Gasteiger partial charge in [-0.05, 0) is 36.4 Å². The van der Waals surface area contributed by atoms with Crippen LogP contribution in [0, 0.1) is 11.6 Å². The van der Waals surface area contributed by atoms with Crippen molar-refractivity contribution in [2.24, 2.45) is 0 Å². The highest BCUT2D eigenvalue weighted by Crippen LogP contribution is 2.36. The molecule has 0 unspecified atom stereocenters. The zero-order valence-electron chi connectivity index (χ0n) is 15.3. The largest absolute Gasteiger partial charge is 0.351 e. The van der Waals surface area contributed by atoms with Gasteiger partial charge >= 0.3 is 6.03 Å². The number of rotatable bonds is 1. The lowest BCUT2D eigenvalue weighted by Gasteiger charge is -2.51. The van der Waals surface area contributed by atoms with Crippen molar-refractivity contribution >= 4 is 23.3 Å². The predicted octanol–water partition coefficient (Wildman–Crippen LogP) is 3.17. The second-order valence-corrected chi connectivity index (χ2v) is 7.13. The lowest BCUT2D eigenvalue weighted by molar-refractivity contribution is 0.0815. The van der Waals surface area contributed by atoms with Crippen LogP contribution in [-0.2, 0) is 0 Å². The molecule has 1 saturated heterocycles. The fraction of sp³-hybridized carbons (Fsp3) is 0.300. The SMILES string of the molecule is CN1c2cc(F)ccc2C(=O)NC12CCN(C(=O)Nc1cccc(F)c1)CC2. The van der Waals surface area contributed by atoms with Gasteiger partial charge in [-0.1, -0.05) is 6.07 Å². The smallest absolute Gasteiger partial charge is 0.321 e. The zero-order valence-corrected chi connectivity index (χ0v) is 15.3. The van der Waals surface area contributed by atoms with Crippen molar-refractivity contribution in [1.29, 1.82) is 0 Å². The number of nitrogens with zero attached hydrogens (tertiary/aromatic N) is 2. The quantitative estimate of drug-likeness (QED) is 0.791. The number of anilines is 2. The molecule has 3 amide bonds. The van der Waals surface area contributed by atoms with E-state index in [-0.39, 0.29) is 11.9 Å². The van der Waals surface area contributed by atoms with Crippen LogP contribution in [0.25, 0.3) is 0 Å². The Balaban J connectivity index is 1.47. The fourth-order valence-corrected chi connectivity index (χ4v) is 3.88. The van der Waals surface area contributed by atoms with Gasteiger partial charge in [0, 0.05) is 38.7 Å². The van der Waals surface area contributed by atoms with E-state index in [1.54, 1.807) is 11.0 Å². The van der Waals surface area contributed by atoms with Crippen molar-refractivity contribution in [3.8, 4) is 0 Å². The number of hydrogen-bond donors (Lipinski definition) is 2. The Morgan fingerprint density at radius 3 is 2.54 bits per heavy atom. The third-order valence-corrected chi connectivity index (χ3v) is 5.51. The maximum Gasteiger partial charge on any atom is 0.321 e. The van der Waals surface area contributed by atoms with Crippen LogP contribution >= 0.6 is 0 Å². The number of likely N-dealkylation sites (tertiary alicyclic amines) is 1. The Morgan fingerprint density at radius 2 is 1.82 bits per heavy atom. The molecular formula is C20H20F2N4O2. The zero-order chi connectivity index (χ0) is 19.9. The molecule has 2 heterocycles. The minimum absolute atomic E-state index is 0.245. The number of nitrogens with one attached hydrogen (secondary N) is 2. The van der Waals surface area contributed by atoms with Gasteiger partial charge in [0.05, 0.1) is 11.3 Å². The van der Waals surface area contributed by atoms with Gasteiger partial charge in [0.15, 0.2) is 0 Å². The number of piperidine rings is 1. The van der Waals surface area contributed by atoms with Crippen molar-refractivity contribution in [3.05, 3.63) is 59.7 Å². The summed E-state index contributed by atoms with van der Waals surface area (Å²) in [6.07, 6.45) is 0.976. The lowest BCUT2D eigenvalue weighted by atomic mass is 9.90. The molecule has 0 bridgehead atoms. The molecule has 1 fully saturated rings. The van der Waals surface area contributed by atoms with Crippen molar-refractivity contribution < 1.29 is 18.4 Å². The van der Waals surface area contributed by atoms with E-state index < -0.39 is 17.3 Å². The molecule has 0 atom stereocenters. The summed E-state index contributed by atoms with van der Waals surface area (Å²) < 4.78 is 27.0. The van der Waals surface area contributed by atoms with Gasteiger partial charge in [-0.2, -0.15) is 0 Å². The second kappa shape index (κ2) is 6.78. The number of fused-ring (bicyclic) bond motifs is 1. The molecule has 28 heavy (non-hydrogen) atoms. The predicted molar refractivity (Wildman–Crippen MR) is 101 cm³/mol. The van der Waals surface area contributed by atoms with Gasteiger partial charge in [0.2, 0.25) is 0 Å². The molecule has 0 saturated carbocycles. The first-order chi connectivity index (χ1) is 13.4. The molecule has 0 radical (unpaired) electrons. The van der Waals surface area contributed by atoms with E-state index in [2.05, 4.69) is 10.6 Å². The average Bonchev–Trinajstić information content (AvgIpc) is 2.67. The molecule has 1 spiro atoms. The minimum atomic E-state index is -0.673. The Kier molecular flexibility index (Phi) is 4.41. The Morgan fingerprint density at radius 1 is 1.11 bits per heavy atom. The molecule has 2 aromatic carbocycles. The van der Waals surface area contributed by atoms with Crippen molar-refractivity contribution in [3.63, 3.8) is 0 Å². The summed E-state index contributed by atoms with van der Waals surface area (Å²) in [5, 5.41) is 5.71. The van der Waals surface area contributed by atoms with Crippen LogP contribution < -0.4 is 15.5 Å². The summed E-state index contributed by atoms with van der Waals surface area (Å²) in [6.45, 7) is 0.798. The highest BCUT2D eigenvalue weighted by Gasteiger charge is 2.45. The fourth-order valence-electron chi connectivity index (χ4n) is 3.88. The van der Waals surface area contributed by atoms with Crippen LogP contribution in [0.15, 0.2) is 42.5 Å². The summed E-state index contributed by atoms with van der Waals surface area (Å²) >= 11 is 0. The second-order valence-electron chi connectivity index (χ2n) is 7.13. The molecular weight excluding hydrogens is 366 g/mol. The summed E-state index contributed by atoms with van der Waals surface area (Å²) in [5.74, 6) is -1.07. The maximum absolute atomic E-state index is 13.7. The normalized spacial score (nSPS) is 17.9. The molecule has 2 N–H and O–H groups in total. The number of benzene rings is 2. The van der Waals surface area contributed by atoms with E-state index >= 15 is 0 Å². The molecule has 2 aliphatic rings. The van der Waals surface area contributed by atoms with Gasteiger partial charge < -0.3 is 20.4 Å². The number of hydrogen-bond acceptors (Lipinski definition) is 3. The minimum Gasteiger partial charge on any atom is -0.351 e. The van der Waals surface area contributed by atoms with Gasteiger partial charge in [-0.25, -0.2) is 13.6 Å². The van der Waals surface area contributed by atoms with Gasteiger partial charge in [0.25, 0.3) is 5.91 Å². The molecule has 2 aliphatic heterocycles. The van der Waals surface area contributed by atoms with Crippen molar-refractivity contribution in [2.75, 3.05) is 30.4 Å². The third kappa shape index (κ3) is 3.15. The Bertz CT molecular complexity index is 942. The molecule has 6 nitrogen and oxygen atoms in total. The van der Waals surface area contributed by atoms with Gasteiger partial charge in [-0.3, -0.25) is 4.79 Å². The van der Waals surface area contributed by atoms with E-state index in [0.717, 1.165) is 0 Å². The summed E-state index contributed by atoms with van der Waals surface area (Å²) in [5.41, 5.74) is 0.688. The standard InChI is InChI=1S/C20H20F2N4O2/c1-25-17-12-14(22)5-6-16(17)18(27)24-20(25)7-9-26(10-8-20)19(28)23-15-4-2-3-13(21)11-15/h2-6,11-12H,7-10H2,1H3,(H,23,28)(H,24,27). The molecule has 8 heteroatoms. The third-order valence-electron chi connectivity index (χ3n) is 5.51. The number of urea groups is 1. The summed E-state index contributed by atoms with van der Waals surface area (Å²) in [6, 6.07) is 9.49. The highest BCUT2D eigenvalue weighted by atomic mass is 19.1. The van der Waals surface area contributed by atoms with Crippen molar-refractivity contribution in [1.82, 2.24) is 10.2 Å². The first kappa shape index (κ1) is 18.2. The molecule has 146 valence electrons. The molecule has 0 aliphatic carbocycles. The molecule has 0 aromatic heterocycles. The molecule has 2 aromatic rings. The topological polar surface area (TPSA) is 64.7 Å². The summed E-state index contributed by atoms with van der Waals surface area (Å²) in [7, 11) is 1.82. The van der Waals surface area contributed by atoms with Gasteiger partial charge in [0.1, 0.15) is 17.3 Å². The van der Waals surface area contributed by atoms with Crippen LogP contribution in [0.3, 0.4) is 0 Å². The molecule has 4 rings (SSSR count). The maximum atomic E-state index is 13.7. The average molecular weight is 386 g/mol.